The minimum Gasteiger partial charge on any atom is -0.311 e. The van der Waals surface area contributed by atoms with E-state index < -0.39 is 0 Å². The number of anilines is 6. The average Bonchev–Trinajstić information content (AvgIpc) is 3.75. The lowest BCUT2D eigenvalue weighted by Gasteiger charge is -2.36. The van der Waals surface area contributed by atoms with Gasteiger partial charge in [0.05, 0.1) is 0 Å². The van der Waals surface area contributed by atoms with Gasteiger partial charge in [-0.25, -0.2) is 0 Å². The van der Waals surface area contributed by atoms with Crippen molar-refractivity contribution in [1.82, 2.24) is 9.80 Å². The van der Waals surface area contributed by atoms with Gasteiger partial charge in [-0.1, -0.05) is 180 Å². The van der Waals surface area contributed by atoms with E-state index in [-0.39, 0.29) is 44.2 Å². The van der Waals surface area contributed by atoms with E-state index in [1.54, 1.807) is 9.80 Å². The van der Waals surface area contributed by atoms with Gasteiger partial charge in [-0.3, -0.25) is 19.4 Å². The van der Waals surface area contributed by atoms with Gasteiger partial charge in [0, 0.05) is 52.8 Å². The number of hydrogen-bond acceptors (Lipinski definition) is 5. The van der Waals surface area contributed by atoms with E-state index in [1.807, 2.05) is 13.8 Å². The molecular formula is C73H76N4O2S. The lowest BCUT2D eigenvalue weighted by molar-refractivity contribution is -0.133. The van der Waals surface area contributed by atoms with Crippen molar-refractivity contribution in [1.29, 1.82) is 0 Å². The molecular weight excluding hydrogens is 997 g/mol. The highest BCUT2D eigenvalue weighted by Crippen LogP contribution is 2.50. The van der Waals surface area contributed by atoms with Crippen LogP contribution in [0.3, 0.4) is 0 Å². The topological polar surface area (TPSA) is 47.1 Å². The number of benzene rings is 8. The fraction of sp³-hybridized carbons (Fsp3) is 0.274. The molecule has 10 rings (SSSR count). The Hall–Kier alpha value is -7.87. The number of hydrogen-bond donors (Lipinski definition) is 0. The Bertz CT molecular complexity index is 3320. The predicted molar refractivity (Wildman–Crippen MR) is 340 cm³/mol. The van der Waals surface area contributed by atoms with Crippen molar-refractivity contribution in [2.24, 2.45) is 0 Å². The number of thiocarbonyl (C=S) groups is 1. The van der Waals surface area contributed by atoms with Crippen LogP contribution in [0.1, 0.15) is 130 Å². The second-order valence-corrected chi connectivity index (χ2v) is 26.0. The number of nitrogens with zero attached hydrogens (tertiary/aromatic N) is 4. The minimum absolute atomic E-state index is 0.0279. The third kappa shape index (κ3) is 10.6. The predicted octanol–water partition coefficient (Wildman–Crippen LogP) is 18.9. The average molecular weight is 1070 g/mol. The molecule has 1 saturated heterocycles. The summed E-state index contributed by atoms with van der Waals surface area (Å²) in [5, 5.41) is 0.240. The molecule has 1 aliphatic carbocycles. The van der Waals surface area contributed by atoms with Crippen LogP contribution in [-0.2, 0) is 31.2 Å². The molecule has 0 unspecified atom stereocenters. The van der Waals surface area contributed by atoms with Gasteiger partial charge in [-0.15, -0.1) is 0 Å². The van der Waals surface area contributed by atoms with Crippen molar-refractivity contribution in [2.75, 3.05) is 22.9 Å². The smallest absolute Gasteiger partial charge is 0.266 e. The second-order valence-electron chi connectivity index (χ2n) is 25.6. The number of amides is 2. The van der Waals surface area contributed by atoms with E-state index in [0.717, 1.165) is 78.6 Å². The molecule has 7 heteroatoms. The van der Waals surface area contributed by atoms with E-state index in [4.69, 9.17) is 12.2 Å². The summed E-state index contributed by atoms with van der Waals surface area (Å²) in [6.45, 7) is 31.4. The molecule has 80 heavy (non-hydrogen) atoms. The summed E-state index contributed by atoms with van der Waals surface area (Å²) in [5.74, 6) is -0.745. The molecule has 0 saturated carbocycles. The van der Waals surface area contributed by atoms with Gasteiger partial charge in [0.15, 0.2) is 5.11 Å². The van der Waals surface area contributed by atoms with E-state index in [1.165, 1.54) is 22.3 Å². The molecule has 1 heterocycles. The monoisotopic (exact) mass is 1070 g/mol. The van der Waals surface area contributed by atoms with Crippen molar-refractivity contribution < 1.29 is 9.59 Å². The molecule has 0 spiro atoms. The Morgan fingerprint density at radius 1 is 0.325 bits per heavy atom. The summed E-state index contributed by atoms with van der Waals surface area (Å²) < 4.78 is 0. The van der Waals surface area contributed by atoms with Gasteiger partial charge < -0.3 is 9.80 Å². The van der Waals surface area contributed by atoms with Crippen LogP contribution in [0, 0.1) is 0 Å². The molecule has 0 N–H and O–H groups in total. The lowest BCUT2D eigenvalue weighted by atomic mass is 9.86. The number of rotatable bonds is 10. The van der Waals surface area contributed by atoms with Crippen LogP contribution in [-0.4, -0.2) is 39.8 Å². The number of likely N-dealkylation sites (N-methyl/N-ethyl adjacent to an activating group) is 2. The van der Waals surface area contributed by atoms with Crippen molar-refractivity contribution in [2.45, 2.75) is 119 Å². The lowest BCUT2D eigenvalue weighted by Crippen LogP contribution is -2.56. The minimum atomic E-state index is -0.372. The fourth-order valence-electron chi connectivity index (χ4n) is 11.1. The summed E-state index contributed by atoms with van der Waals surface area (Å²) in [6.07, 6.45) is 0. The maximum Gasteiger partial charge on any atom is 0.266 e. The van der Waals surface area contributed by atoms with E-state index in [9.17, 15) is 9.59 Å². The fourth-order valence-corrected chi connectivity index (χ4v) is 11.6. The first-order chi connectivity index (χ1) is 37.8. The van der Waals surface area contributed by atoms with Crippen molar-refractivity contribution in [3.63, 3.8) is 0 Å². The zero-order valence-corrected chi connectivity index (χ0v) is 50.1. The largest absolute Gasteiger partial charge is 0.311 e. The van der Waals surface area contributed by atoms with Gasteiger partial charge in [0.1, 0.15) is 5.57 Å². The molecule has 2 aliphatic rings. The maximum atomic E-state index is 14.8. The summed E-state index contributed by atoms with van der Waals surface area (Å²) in [4.78, 5) is 37.4. The zero-order chi connectivity index (χ0) is 57.2. The Morgan fingerprint density at radius 3 is 0.800 bits per heavy atom. The van der Waals surface area contributed by atoms with Crippen LogP contribution in [0.4, 0.5) is 34.1 Å². The Kier molecular flexibility index (Phi) is 14.5. The molecule has 406 valence electrons. The van der Waals surface area contributed by atoms with Crippen LogP contribution in [0.2, 0.25) is 0 Å². The maximum absolute atomic E-state index is 14.8. The second kappa shape index (κ2) is 21.0. The van der Waals surface area contributed by atoms with Gasteiger partial charge >= 0.3 is 0 Å². The zero-order valence-electron chi connectivity index (χ0n) is 49.2. The third-order valence-corrected chi connectivity index (χ3v) is 16.5. The van der Waals surface area contributed by atoms with Gasteiger partial charge in [0.25, 0.3) is 11.8 Å². The summed E-state index contributed by atoms with van der Waals surface area (Å²) >= 11 is 5.80. The normalized spacial score (nSPS) is 13.9. The highest BCUT2D eigenvalue weighted by atomic mass is 32.1. The number of carbonyl (C=O) groups excluding carboxylic acids is 2. The first kappa shape index (κ1) is 55.4. The van der Waals surface area contributed by atoms with E-state index in [0.29, 0.717) is 18.7 Å². The molecule has 0 atom stereocenters. The summed E-state index contributed by atoms with van der Waals surface area (Å²) in [6, 6.07) is 65.9. The van der Waals surface area contributed by atoms with Gasteiger partial charge in [-0.2, -0.15) is 0 Å². The molecule has 1 aliphatic heterocycles. The van der Waals surface area contributed by atoms with Crippen molar-refractivity contribution >= 4 is 68.8 Å². The van der Waals surface area contributed by atoms with Crippen LogP contribution in [0.15, 0.2) is 188 Å². The molecule has 0 radical (unpaired) electrons. The first-order valence-corrected chi connectivity index (χ1v) is 28.7. The molecule has 6 nitrogen and oxygen atoms in total. The number of fused-ring (bicyclic) bond motifs is 3. The van der Waals surface area contributed by atoms with Crippen LogP contribution >= 0.6 is 12.2 Å². The quantitative estimate of drug-likeness (QED) is 0.0776. The molecule has 8 aromatic carbocycles. The molecule has 2 amide bonds. The first-order valence-electron chi connectivity index (χ1n) is 28.3. The molecule has 8 aromatic rings. The van der Waals surface area contributed by atoms with Crippen molar-refractivity contribution in [3.8, 4) is 33.4 Å². The molecule has 1 fully saturated rings. The van der Waals surface area contributed by atoms with E-state index >= 15 is 0 Å². The van der Waals surface area contributed by atoms with Crippen molar-refractivity contribution in [3.05, 3.63) is 221 Å². The van der Waals surface area contributed by atoms with Crippen LogP contribution in [0.25, 0.3) is 39.0 Å². The Labute approximate surface area is 481 Å². The third-order valence-electron chi connectivity index (χ3n) is 16.0. The number of carbonyl (C=O) groups is 2. The van der Waals surface area contributed by atoms with Gasteiger partial charge in [-0.05, 0) is 199 Å². The van der Waals surface area contributed by atoms with Gasteiger partial charge in [0.2, 0.25) is 0 Å². The summed E-state index contributed by atoms with van der Waals surface area (Å²) in [5.41, 5.74) is 20.0. The Morgan fingerprint density at radius 2 is 0.562 bits per heavy atom. The molecule has 0 bridgehead atoms. The molecule has 0 aromatic heterocycles. The SMILES string of the molecule is CCN1C(=O)C(=C2c3cc(-c4ccc(N(c5ccc(C(C)(C)C)cc5)c5ccc(C(C)(C)C)cc5)cc4)ccc3-c3ccc(-c4ccc(N(c5ccc(C(C)(C)C)cc5)c5ccc(C(C)(C)C)cc5)cc4)cc32)C(=O)N(CC)C1=S. The summed E-state index contributed by atoms with van der Waals surface area (Å²) in [7, 11) is 0. The highest BCUT2D eigenvalue weighted by Gasteiger charge is 2.42. The standard InChI is InChI=1S/C73H76N4O2S/c1-15-74-67(78)66(68(79)75(16-2)69(74)80)65-63-45-49(47-17-31-55(32-18-47)76(57-35-23-51(24-36-57)70(3,4)5)58-37-25-52(26-38-58)71(6,7)8)21-43-61(63)62-44-22-50(46-64(62)65)48-19-33-56(34-20-48)77(59-39-27-53(28-40-59)72(9,10)11)60-41-29-54(30-42-60)73(12,13)14/h17-46H,15-16H2,1-14H3. The van der Waals surface area contributed by atoms with Crippen LogP contribution < -0.4 is 9.80 Å². The highest BCUT2D eigenvalue weighted by molar-refractivity contribution is 7.80. The van der Waals surface area contributed by atoms with E-state index in [2.05, 4.69) is 275 Å². The van der Waals surface area contributed by atoms with Crippen LogP contribution in [0.5, 0.6) is 0 Å². The Balaban J connectivity index is 1.05.